The number of alkyl halides is 4. The standard InChI is InChI=1S/C8H14F4N2O2/c1-2-3-5(6(15)14-13)16-4-8(11,12)7(9)10/h5,7H,2-4,13H2,1H3,(H,14,15). The largest absolute Gasteiger partial charge is 0.362 e. The monoisotopic (exact) mass is 246 g/mol. The number of nitrogens with one attached hydrogen (secondary N) is 1. The molecule has 0 heterocycles. The van der Waals surface area contributed by atoms with Crippen molar-refractivity contribution in [3.05, 3.63) is 0 Å². The molecular formula is C8H14F4N2O2. The maximum absolute atomic E-state index is 12.5. The van der Waals surface area contributed by atoms with Gasteiger partial charge in [-0.3, -0.25) is 10.2 Å². The van der Waals surface area contributed by atoms with E-state index in [0.717, 1.165) is 0 Å². The van der Waals surface area contributed by atoms with Gasteiger partial charge in [0.2, 0.25) is 0 Å². The molecule has 1 atom stereocenters. The van der Waals surface area contributed by atoms with Crippen molar-refractivity contribution < 1.29 is 27.1 Å². The van der Waals surface area contributed by atoms with Crippen LogP contribution in [0.3, 0.4) is 0 Å². The minimum Gasteiger partial charge on any atom is -0.362 e. The number of carbonyl (C=O) groups excluding carboxylic acids is 1. The quantitative estimate of drug-likeness (QED) is 0.305. The third-order valence-electron chi connectivity index (χ3n) is 1.78. The maximum Gasteiger partial charge on any atom is 0.330 e. The van der Waals surface area contributed by atoms with Gasteiger partial charge in [0, 0.05) is 0 Å². The van der Waals surface area contributed by atoms with Crippen LogP contribution < -0.4 is 11.3 Å². The van der Waals surface area contributed by atoms with Crippen molar-refractivity contribution in [2.24, 2.45) is 5.84 Å². The number of rotatable bonds is 7. The molecule has 0 fully saturated rings. The van der Waals surface area contributed by atoms with Crippen LogP contribution in [0.15, 0.2) is 0 Å². The Bertz CT molecular complexity index is 226. The second-order valence-corrected chi connectivity index (χ2v) is 3.16. The molecular weight excluding hydrogens is 232 g/mol. The first-order valence-electron chi connectivity index (χ1n) is 4.63. The number of nitrogens with two attached hydrogens (primary N) is 1. The Kier molecular flexibility index (Phi) is 6.27. The van der Waals surface area contributed by atoms with E-state index >= 15 is 0 Å². The Hall–Kier alpha value is -0.890. The highest BCUT2D eigenvalue weighted by molar-refractivity contribution is 5.80. The van der Waals surface area contributed by atoms with Crippen molar-refractivity contribution >= 4 is 5.91 Å². The molecule has 8 heteroatoms. The molecule has 0 radical (unpaired) electrons. The molecule has 0 spiro atoms. The number of ether oxygens (including phenoxy) is 1. The third-order valence-corrected chi connectivity index (χ3v) is 1.78. The van der Waals surface area contributed by atoms with Crippen LogP contribution in [0.4, 0.5) is 17.6 Å². The van der Waals surface area contributed by atoms with Crippen LogP contribution in [-0.4, -0.2) is 31.0 Å². The van der Waals surface area contributed by atoms with Crippen LogP contribution in [0.2, 0.25) is 0 Å². The molecule has 0 bridgehead atoms. The van der Waals surface area contributed by atoms with E-state index in [-0.39, 0.29) is 6.42 Å². The van der Waals surface area contributed by atoms with Gasteiger partial charge >= 0.3 is 12.3 Å². The number of hydrogen-bond acceptors (Lipinski definition) is 3. The lowest BCUT2D eigenvalue weighted by molar-refractivity contribution is -0.180. The highest BCUT2D eigenvalue weighted by atomic mass is 19.3. The molecule has 16 heavy (non-hydrogen) atoms. The summed E-state index contributed by atoms with van der Waals surface area (Å²) in [6.45, 7) is 0.175. The fraction of sp³-hybridized carbons (Fsp3) is 0.875. The van der Waals surface area contributed by atoms with E-state index in [1.54, 1.807) is 12.3 Å². The lowest BCUT2D eigenvalue weighted by atomic mass is 10.2. The van der Waals surface area contributed by atoms with Crippen LogP contribution in [0.25, 0.3) is 0 Å². The van der Waals surface area contributed by atoms with E-state index < -0.39 is 31.0 Å². The number of hydrogen-bond donors (Lipinski definition) is 2. The predicted octanol–water partition coefficient (Wildman–Crippen LogP) is 1.06. The molecule has 0 aromatic carbocycles. The Balaban J connectivity index is 4.26. The summed E-state index contributed by atoms with van der Waals surface area (Å²) in [7, 11) is 0. The summed E-state index contributed by atoms with van der Waals surface area (Å²) in [5.41, 5.74) is 1.72. The molecule has 0 saturated carbocycles. The number of amides is 1. The molecule has 0 aromatic heterocycles. The minimum absolute atomic E-state index is 0.127. The number of carbonyl (C=O) groups is 1. The first kappa shape index (κ1) is 15.1. The van der Waals surface area contributed by atoms with Crippen LogP contribution in [0, 0.1) is 0 Å². The summed E-state index contributed by atoms with van der Waals surface area (Å²) >= 11 is 0. The lowest BCUT2D eigenvalue weighted by Gasteiger charge is -2.20. The van der Waals surface area contributed by atoms with Gasteiger partial charge in [0.15, 0.2) is 0 Å². The first-order valence-corrected chi connectivity index (χ1v) is 4.63. The second-order valence-electron chi connectivity index (χ2n) is 3.16. The zero-order valence-corrected chi connectivity index (χ0v) is 8.68. The summed E-state index contributed by atoms with van der Waals surface area (Å²) < 4.78 is 52.9. The van der Waals surface area contributed by atoms with Crippen molar-refractivity contribution in [2.75, 3.05) is 6.61 Å². The average Bonchev–Trinajstić information content (AvgIpc) is 2.22. The van der Waals surface area contributed by atoms with Gasteiger partial charge in [0.05, 0.1) is 0 Å². The SMILES string of the molecule is CCCC(OCC(F)(F)C(F)F)C(=O)NN. The highest BCUT2D eigenvalue weighted by Gasteiger charge is 2.42. The zero-order chi connectivity index (χ0) is 12.8. The van der Waals surface area contributed by atoms with Gasteiger partial charge in [-0.2, -0.15) is 8.78 Å². The Labute approximate surface area is 90.1 Å². The van der Waals surface area contributed by atoms with E-state index in [1.165, 1.54) is 0 Å². The molecule has 0 aliphatic rings. The molecule has 0 aliphatic heterocycles. The highest BCUT2D eigenvalue weighted by Crippen LogP contribution is 2.23. The molecule has 4 nitrogen and oxygen atoms in total. The minimum atomic E-state index is -4.26. The van der Waals surface area contributed by atoms with Gasteiger partial charge in [0.1, 0.15) is 12.7 Å². The predicted molar refractivity (Wildman–Crippen MR) is 47.9 cm³/mol. The molecule has 96 valence electrons. The van der Waals surface area contributed by atoms with Crippen molar-refractivity contribution in [3.8, 4) is 0 Å². The molecule has 1 amide bonds. The van der Waals surface area contributed by atoms with Crippen molar-refractivity contribution in [1.29, 1.82) is 0 Å². The lowest BCUT2D eigenvalue weighted by Crippen LogP contribution is -2.43. The van der Waals surface area contributed by atoms with E-state index in [0.29, 0.717) is 6.42 Å². The van der Waals surface area contributed by atoms with Crippen LogP contribution >= 0.6 is 0 Å². The Morgan fingerprint density at radius 2 is 2.06 bits per heavy atom. The fourth-order valence-electron chi connectivity index (χ4n) is 0.920. The number of halogens is 4. The zero-order valence-electron chi connectivity index (χ0n) is 8.68. The van der Waals surface area contributed by atoms with Gasteiger partial charge < -0.3 is 4.74 Å². The van der Waals surface area contributed by atoms with Crippen molar-refractivity contribution in [1.82, 2.24) is 5.43 Å². The van der Waals surface area contributed by atoms with E-state index in [2.05, 4.69) is 4.74 Å². The number of hydrazine groups is 1. The molecule has 1 unspecified atom stereocenters. The molecule has 0 saturated heterocycles. The van der Waals surface area contributed by atoms with Crippen LogP contribution in [0.5, 0.6) is 0 Å². The normalized spacial score (nSPS) is 13.9. The Morgan fingerprint density at radius 3 is 2.44 bits per heavy atom. The van der Waals surface area contributed by atoms with Crippen molar-refractivity contribution in [2.45, 2.75) is 38.2 Å². The Morgan fingerprint density at radius 1 is 1.50 bits per heavy atom. The van der Waals surface area contributed by atoms with E-state index in [4.69, 9.17) is 5.84 Å². The summed E-state index contributed by atoms with van der Waals surface area (Å²) in [5, 5.41) is 0. The summed E-state index contributed by atoms with van der Waals surface area (Å²) in [4.78, 5) is 11.0. The first-order chi connectivity index (χ1) is 7.35. The molecule has 0 rings (SSSR count). The summed E-state index contributed by atoms with van der Waals surface area (Å²) in [5.74, 6) is -0.289. The smallest absolute Gasteiger partial charge is 0.330 e. The van der Waals surface area contributed by atoms with Gasteiger partial charge in [-0.05, 0) is 6.42 Å². The van der Waals surface area contributed by atoms with Gasteiger partial charge in [-0.25, -0.2) is 14.6 Å². The fourth-order valence-corrected chi connectivity index (χ4v) is 0.920. The maximum atomic E-state index is 12.5. The second kappa shape index (κ2) is 6.64. The average molecular weight is 246 g/mol. The van der Waals surface area contributed by atoms with Gasteiger partial charge in [-0.15, -0.1) is 0 Å². The summed E-state index contributed by atoms with van der Waals surface area (Å²) in [6.07, 6.45) is -4.46. The molecule has 0 aromatic rings. The topological polar surface area (TPSA) is 64.3 Å². The van der Waals surface area contributed by atoms with Gasteiger partial charge in [-0.1, -0.05) is 13.3 Å². The third kappa shape index (κ3) is 4.75. The van der Waals surface area contributed by atoms with Crippen molar-refractivity contribution in [3.63, 3.8) is 0 Å². The van der Waals surface area contributed by atoms with Crippen LogP contribution in [0.1, 0.15) is 19.8 Å². The molecule has 0 aliphatic carbocycles. The van der Waals surface area contributed by atoms with Crippen LogP contribution in [-0.2, 0) is 9.53 Å². The summed E-state index contributed by atoms with van der Waals surface area (Å²) in [6, 6.07) is 0. The van der Waals surface area contributed by atoms with Gasteiger partial charge in [0.25, 0.3) is 5.91 Å². The molecule has 3 N–H and O–H groups in total. The van der Waals surface area contributed by atoms with E-state index in [9.17, 15) is 22.4 Å². The van der Waals surface area contributed by atoms with E-state index in [1.807, 2.05) is 0 Å².